The van der Waals surface area contributed by atoms with Crippen LogP contribution in [0, 0.1) is 0 Å². The smallest absolute Gasteiger partial charge is 0.457 e. The Labute approximate surface area is 339 Å². The van der Waals surface area contributed by atoms with Crippen molar-refractivity contribution in [3.8, 4) is 0 Å². The summed E-state index contributed by atoms with van der Waals surface area (Å²) in [5.41, 5.74) is -2.59. The molecule has 0 aromatic rings. The molecule has 0 amide bonds. The first-order valence-electron chi connectivity index (χ1n) is 16.4. The minimum absolute atomic E-state index is 0. The van der Waals surface area contributed by atoms with Crippen LogP contribution in [0.2, 0.25) is 0 Å². The molecule has 0 saturated heterocycles. The molecule has 6 atom stereocenters. The third kappa shape index (κ3) is 19.2. The van der Waals surface area contributed by atoms with Gasteiger partial charge in [0.25, 0.3) is 0 Å². The average molecular weight is 857 g/mol. The summed E-state index contributed by atoms with van der Waals surface area (Å²) in [6, 6.07) is 0. The standard InChI is InChI=1S/C32H54O15.2Y/c1-21(44-29(37)40-15-17-42-31(3,4)27(35)46-25-13-9-7-11-23(25)33)19-39-20-22(2)45-30(38)41-16-18-43-32(5,6)28(36)47-26-14-10-8-12-24(26)34;;/h21-26,33-34H,7-20H2,1-6H3;;. The van der Waals surface area contributed by atoms with E-state index in [9.17, 15) is 29.4 Å². The van der Waals surface area contributed by atoms with Crippen molar-refractivity contribution in [2.24, 2.45) is 0 Å². The molecule has 49 heavy (non-hydrogen) atoms. The van der Waals surface area contributed by atoms with E-state index < -0.39 is 72.1 Å². The molecular formula is C32H54O15Y2. The van der Waals surface area contributed by atoms with Crippen LogP contribution in [-0.2, 0) is 118 Å². The number of aliphatic hydroxyl groups excluding tert-OH is 2. The Morgan fingerprint density at radius 2 is 0.959 bits per heavy atom. The number of carbonyl (C=O) groups is 4. The summed E-state index contributed by atoms with van der Waals surface area (Å²) in [5, 5.41) is 20.0. The fourth-order valence-corrected chi connectivity index (χ4v) is 4.81. The molecule has 2 N–H and O–H groups in total. The molecule has 2 fully saturated rings. The van der Waals surface area contributed by atoms with Crippen LogP contribution < -0.4 is 0 Å². The second-order valence-corrected chi connectivity index (χ2v) is 12.9. The number of esters is 2. The summed E-state index contributed by atoms with van der Waals surface area (Å²) in [6.07, 6.45) is 0.205. The number of aliphatic hydroxyl groups is 2. The maximum absolute atomic E-state index is 12.5. The van der Waals surface area contributed by atoms with E-state index in [4.69, 9.17) is 42.6 Å². The first kappa shape index (κ1) is 48.5. The first-order chi connectivity index (χ1) is 22.1. The number of rotatable bonds is 18. The van der Waals surface area contributed by atoms with Crippen LogP contribution in [0.15, 0.2) is 0 Å². The third-order valence-electron chi connectivity index (χ3n) is 7.67. The maximum atomic E-state index is 12.5. The molecule has 0 spiro atoms. The van der Waals surface area contributed by atoms with Crippen LogP contribution in [-0.4, -0.2) is 122 Å². The summed E-state index contributed by atoms with van der Waals surface area (Å²) in [6.45, 7) is 8.82. The maximum Gasteiger partial charge on any atom is 0.508 e. The first-order valence-corrected chi connectivity index (χ1v) is 16.4. The second-order valence-electron chi connectivity index (χ2n) is 12.9. The molecule has 2 aliphatic carbocycles. The van der Waals surface area contributed by atoms with Crippen molar-refractivity contribution in [1.29, 1.82) is 0 Å². The molecule has 0 heterocycles. The summed E-state index contributed by atoms with van der Waals surface area (Å²) in [4.78, 5) is 48.9. The fourth-order valence-electron chi connectivity index (χ4n) is 4.81. The predicted octanol–water partition coefficient (Wildman–Crippen LogP) is 3.37. The Kier molecular flexibility index (Phi) is 24.4. The fraction of sp³-hybridized carbons (Fsp3) is 0.875. The van der Waals surface area contributed by atoms with Gasteiger partial charge in [-0.3, -0.25) is 0 Å². The van der Waals surface area contributed by atoms with Gasteiger partial charge in [-0.15, -0.1) is 0 Å². The second kappa shape index (κ2) is 24.7. The Balaban J connectivity index is 0.0000115. The van der Waals surface area contributed by atoms with Crippen molar-refractivity contribution < 1.29 is 137 Å². The van der Waals surface area contributed by atoms with Crippen molar-refractivity contribution >= 4 is 24.2 Å². The molecular weight excluding hydrogens is 802 g/mol. The van der Waals surface area contributed by atoms with Crippen LogP contribution in [0.3, 0.4) is 0 Å². The van der Waals surface area contributed by atoms with Gasteiger partial charge in [-0.2, -0.15) is 0 Å². The van der Waals surface area contributed by atoms with E-state index in [1.54, 1.807) is 13.8 Å². The summed E-state index contributed by atoms with van der Waals surface area (Å²) < 4.78 is 47.5. The number of ether oxygens (including phenoxy) is 9. The van der Waals surface area contributed by atoms with E-state index in [1.165, 1.54) is 27.7 Å². The molecule has 0 aliphatic heterocycles. The van der Waals surface area contributed by atoms with E-state index in [0.29, 0.717) is 25.7 Å². The zero-order valence-corrected chi connectivity index (χ0v) is 35.4. The summed E-state index contributed by atoms with van der Waals surface area (Å²) in [7, 11) is 0. The molecule has 6 unspecified atom stereocenters. The Bertz CT molecular complexity index is 920. The van der Waals surface area contributed by atoms with Crippen molar-refractivity contribution in [2.45, 2.75) is 141 Å². The topological polar surface area (TPSA) is 192 Å². The molecule has 0 aromatic carbocycles. The quantitative estimate of drug-likeness (QED) is 0.116. The van der Waals surface area contributed by atoms with Gasteiger partial charge in [0.15, 0.2) is 11.2 Å². The van der Waals surface area contributed by atoms with Crippen molar-refractivity contribution in [2.75, 3.05) is 39.6 Å². The minimum atomic E-state index is -1.29. The molecule has 2 rings (SSSR count). The largest absolute Gasteiger partial charge is 0.508 e. The SMILES string of the molecule is CC(COCC(C)OC(=O)OCCOC(C)(C)C(=O)OC1CCCCC1O)OC(=O)OCCOC(C)(C)C(=O)OC1CCCCC1O.[Y].[Y]. The molecule has 278 valence electrons. The van der Waals surface area contributed by atoms with E-state index in [1.807, 2.05) is 0 Å². The van der Waals surface area contributed by atoms with E-state index >= 15 is 0 Å². The summed E-state index contributed by atoms with van der Waals surface area (Å²) >= 11 is 0. The van der Waals surface area contributed by atoms with Gasteiger partial charge < -0.3 is 52.8 Å². The average Bonchev–Trinajstić information content (AvgIpc) is 2.99. The van der Waals surface area contributed by atoms with E-state index in [-0.39, 0.29) is 105 Å². The monoisotopic (exact) mass is 856 g/mol. The normalized spacial score (nSPS) is 22.2. The molecule has 2 saturated carbocycles. The van der Waals surface area contributed by atoms with Gasteiger partial charge >= 0.3 is 24.2 Å². The van der Waals surface area contributed by atoms with Gasteiger partial charge in [0.05, 0.1) is 38.6 Å². The van der Waals surface area contributed by atoms with Gasteiger partial charge in [-0.05, 0) is 80.1 Å². The molecule has 17 heteroatoms. The van der Waals surface area contributed by atoms with Gasteiger partial charge in [0, 0.05) is 65.4 Å². The Morgan fingerprint density at radius 1 is 0.612 bits per heavy atom. The predicted molar refractivity (Wildman–Crippen MR) is 163 cm³/mol. The van der Waals surface area contributed by atoms with Crippen molar-refractivity contribution in [3.63, 3.8) is 0 Å². The minimum Gasteiger partial charge on any atom is -0.457 e. The van der Waals surface area contributed by atoms with Crippen molar-refractivity contribution in [3.05, 3.63) is 0 Å². The summed E-state index contributed by atoms with van der Waals surface area (Å²) in [5.74, 6) is -1.21. The molecule has 0 aromatic heterocycles. The number of carbonyl (C=O) groups excluding carboxylic acids is 4. The molecule has 0 bridgehead atoms. The van der Waals surface area contributed by atoms with Gasteiger partial charge in [-0.25, -0.2) is 19.2 Å². The third-order valence-corrected chi connectivity index (χ3v) is 7.67. The van der Waals surface area contributed by atoms with Gasteiger partial charge in [0.2, 0.25) is 0 Å². The Hall–Kier alpha value is -0.512. The van der Waals surface area contributed by atoms with Crippen LogP contribution in [0.25, 0.3) is 0 Å². The van der Waals surface area contributed by atoms with Crippen LogP contribution in [0.5, 0.6) is 0 Å². The van der Waals surface area contributed by atoms with Crippen LogP contribution in [0.1, 0.15) is 92.9 Å². The van der Waals surface area contributed by atoms with Gasteiger partial charge in [0.1, 0.15) is 37.6 Å². The number of hydrogen-bond acceptors (Lipinski definition) is 15. The van der Waals surface area contributed by atoms with E-state index in [2.05, 4.69) is 0 Å². The Morgan fingerprint density at radius 3 is 1.31 bits per heavy atom. The zero-order valence-electron chi connectivity index (χ0n) is 29.7. The van der Waals surface area contributed by atoms with Crippen molar-refractivity contribution in [1.82, 2.24) is 0 Å². The van der Waals surface area contributed by atoms with Gasteiger partial charge in [-0.1, -0.05) is 12.8 Å². The zero-order chi connectivity index (χ0) is 35.0. The molecule has 2 radical (unpaired) electrons. The molecule has 15 nitrogen and oxygen atoms in total. The van der Waals surface area contributed by atoms with Crippen LogP contribution in [0.4, 0.5) is 9.59 Å². The van der Waals surface area contributed by atoms with E-state index in [0.717, 1.165) is 25.7 Å². The number of hydrogen-bond donors (Lipinski definition) is 2. The van der Waals surface area contributed by atoms with Crippen LogP contribution >= 0.6 is 0 Å². The molecule has 2 aliphatic rings.